The third-order valence-corrected chi connectivity index (χ3v) is 7.47. The van der Waals surface area contributed by atoms with Crippen LogP contribution in [0.15, 0.2) is 72.8 Å². The zero-order chi connectivity index (χ0) is 24.6. The number of rotatable bonds is 5. The molecule has 3 aromatic rings. The first-order valence-corrected chi connectivity index (χ1v) is 12.3. The molecule has 2 unspecified atom stereocenters. The van der Waals surface area contributed by atoms with Gasteiger partial charge in [0, 0.05) is 12.0 Å². The number of morpholine rings is 1. The number of hydrogen-bond donors (Lipinski definition) is 0. The molecule has 3 aliphatic rings. The van der Waals surface area contributed by atoms with E-state index < -0.39 is 0 Å². The van der Waals surface area contributed by atoms with E-state index in [-0.39, 0.29) is 24.1 Å². The minimum atomic E-state index is -0.284. The molecule has 184 valence electrons. The molecule has 2 heterocycles. The largest absolute Gasteiger partial charge is 0.497 e. The molecule has 1 saturated heterocycles. The molecule has 36 heavy (non-hydrogen) atoms. The average molecular weight is 484 g/mol. The van der Waals surface area contributed by atoms with Crippen molar-refractivity contribution in [3.05, 3.63) is 89.5 Å². The third-order valence-electron chi connectivity index (χ3n) is 7.47. The van der Waals surface area contributed by atoms with Crippen LogP contribution in [0, 0.1) is 0 Å². The van der Waals surface area contributed by atoms with Crippen molar-refractivity contribution in [1.29, 1.82) is 0 Å². The summed E-state index contributed by atoms with van der Waals surface area (Å²) in [5, 5.41) is 0. The van der Waals surface area contributed by atoms with Gasteiger partial charge in [-0.1, -0.05) is 54.6 Å². The van der Waals surface area contributed by atoms with E-state index in [2.05, 4.69) is 42.5 Å². The minimum Gasteiger partial charge on any atom is -0.497 e. The second kappa shape index (κ2) is 9.36. The van der Waals surface area contributed by atoms with Crippen molar-refractivity contribution >= 4 is 11.7 Å². The van der Waals surface area contributed by atoms with Gasteiger partial charge in [0.1, 0.15) is 18.1 Å². The highest BCUT2D eigenvalue weighted by molar-refractivity contribution is 5.79. The van der Waals surface area contributed by atoms with E-state index in [0.717, 1.165) is 22.6 Å². The van der Waals surface area contributed by atoms with Crippen LogP contribution < -0.4 is 9.47 Å². The summed E-state index contributed by atoms with van der Waals surface area (Å²) >= 11 is 0. The third kappa shape index (κ3) is 3.91. The first kappa shape index (κ1) is 22.7. The number of ether oxygens (including phenoxy) is 4. The summed E-state index contributed by atoms with van der Waals surface area (Å²) in [6.45, 7) is 1.25. The molecule has 1 fully saturated rings. The number of hydrogen-bond acceptors (Lipinski definition) is 5. The van der Waals surface area contributed by atoms with E-state index in [4.69, 9.17) is 18.9 Å². The van der Waals surface area contributed by atoms with Crippen LogP contribution in [-0.2, 0) is 9.47 Å². The number of nitrogens with zero attached hydrogens (tertiary/aromatic N) is 1. The number of carbonyl (C=O) groups is 1. The highest BCUT2D eigenvalue weighted by atomic mass is 16.6. The zero-order valence-corrected chi connectivity index (χ0v) is 20.5. The first-order chi connectivity index (χ1) is 17.7. The number of methoxy groups -OCH3 is 2. The standard InChI is InChI=1S/C30H29NO5/c1-33-23-13-20(14-24(15-23)34-2)19-11-21-16-35-17-22(12-19)31(21)30(32)36-18-29-27-9-5-3-7-25(27)26-8-4-6-10-28(26)29/h3-11,13-15,21-22,29H,12,16-18H2,1-2H3. The Bertz CT molecular complexity index is 1260. The van der Waals surface area contributed by atoms with Gasteiger partial charge in [0.25, 0.3) is 0 Å². The van der Waals surface area contributed by atoms with E-state index in [1.165, 1.54) is 22.3 Å². The molecule has 6 rings (SSSR count). The van der Waals surface area contributed by atoms with Crippen LogP contribution in [0.4, 0.5) is 4.79 Å². The van der Waals surface area contributed by atoms with Crippen LogP contribution in [0.5, 0.6) is 11.5 Å². The van der Waals surface area contributed by atoms with Gasteiger partial charge in [-0.25, -0.2) is 4.79 Å². The van der Waals surface area contributed by atoms with Crippen LogP contribution in [-0.4, -0.2) is 57.1 Å². The van der Waals surface area contributed by atoms with Crippen molar-refractivity contribution in [2.24, 2.45) is 0 Å². The first-order valence-electron chi connectivity index (χ1n) is 12.3. The monoisotopic (exact) mass is 483 g/mol. The SMILES string of the molecule is COc1cc(OC)cc(C2=CC3COCC(C2)N3C(=O)OCC2c3ccccc3-c3ccccc32)c1. The van der Waals surface area contributed by atoms with Crippen LogP contribution >= 0.6 is 0 Å². The number of carbonyl (C=O) groups excluding carboxylic acids is 1. The highest BCUT2D eigenvalue weighted by Crippen LogP contribution is 2.45. The smallest absolute Gasteiger partial charge is 0.410 e. The Morgan fingerprint density at radius 2 is 1.56 bits per heavy atom. The maximum Gasteiger partial charge on any atom is 0.410 e. The van der Waals surface area contributed by atoms with Gasteiger partial charge in [-0.05, 0) is 51.9 Å². The van der Waals surface area contributed by atoms with Crippen molar-refractivity contribution in [1.82, 2.24) is 4.90 Å². The Labute approximate surface area is 211 Å². The van der Waals surface area contributed by atoms with Gasteiger partial charge < -0.3 is 18.9 Å². The van der Waals surface area contributed by atoms with Gasteiger partial charge in [0.15, 0.2) is 0 Å². The Hall–Kier alpha value is -3.77. The number of fused-ring (bicyclic) bond motifs is 5. The molecule has 1 amide bonds. The summed E-state index contributed by atoms with van der Waals surface area (Å²) in [6, 6.07) is 22.4. The average Bonchev–Trinajstić information content (AvgIpc) is 3.24. The Morgan fingerprint density at radius 1 is 0.917 bits per heavy atom. The minimum absolute atomic E-state index is 0.0394. The molecule has 6 heteroatoms. The van der Waals surface area contributed by atoms with E-state index in [1.807, 2.05) is 35.2 Å². The van der Waals surface area contributed by atoms with E-state index in [1.54, 1.807) is 14.2 Å². The summed E-state index contributed by atoms with van der Waals surface area (Å²) < 4.78 is 22.7. The predicted octanol–water partition coefficient (Wildman–Crippen LogP) is 5.51. The maximum absolute atomic E-state index is 13.4. The number of benzene rings is 3. The fourth-order valence-electron chi connectivity index (χ4n) is 5.76. The predicted molar refractivity (Wildman–Crippen MR) is 137 cm³/mol. The fourth-order valence-corrected chi connectivity index (χ4v) is 5.76. The molecule has 2 aliphatic heterocycles. The lowest BCUT2D eigenvalue weighted by molar-refractivity contribution is -0.0331. The van der Waals surface area contributed by atoms with Gasteiger partial charge in [0.2, 0.25) is 0 Å². The fraction of sp³-hybridized carbons (Fsp3) is 0.300. The quantitative estimate of drug-likeness (QED) is 0.479. The normalized spacial score (nSPS) is 20.3. The van der Waals surface area contributed by atoms with Crippen molar-refractivity contribution in [2.75, 3.05) is 34.0 Å². The van der Waals surface area contributed by atoms with Crippen molar-refractivity contribution in [3.8, 4) is 22.6 Å². The summed E-state index contributed by atoms with van der Waals surface area (Å²) in [5.41, 5.74) is 7.06. The van der Waals surface area contributed by atoms with Gasteiger partial charge >= 0.3 is 6.09 Å². The molecule has 0 saturated carbocycles. The lowest BCUT2D eigenvalue weighted by Gasteiger charge is -2.44. The van der Waals surface area contributed by atoms with E-state index >= 15 is 0 Å². The molecule has 6 nitrogen and oxygen atoms in total. The van der Waals surface area contributed by atoms with Gasteiger partial charge in [-0.15, -0.1) is 0 Å². The topological polar surface area (TPSA) is 57.2 Å². The zero-order valence-electron chi connectivity index (χ0n) is 20.5. The molecule has 1 aliphatic carbocycles. The number of amides is 1. The molecule has 2 bridgehead atoms. The highest BCUT2D eigenvalue weighted by Gasteiger charge is 2.40. The Morgan fingerprint density at radius 3 is 2.17 bits per heavy atom. The van der Waals surface area contributed by atoms with Crippen molar-refractivity contribution in [2.45, 2.75) is 24.4 Å². The molecular weight excluding hydrogens is 454 g/mol. The van der Waals surface area contributed by atoms with Crippen molar-refractivity contribution < 1.29 is 23.7 Å². The Balaban J connectivity index is 1.22. The molecule has 2 atom stereocenters. The van der Waals surface area contributed by atoms with Crippen LogP contribution in [0.3, 0.4) is 0 Å². The molecular formula is C30H29NO5. The van der Waals surface area contributed by atoms with E-state index in [0.29, 0.717) is 26.2 Å². The molecule has 0 aromatic heterocycles. The molecule has 0 N–H and O–H groups in total. The van der Waals surface area contributed by atoms with Crippen LogP contribution in [0.25, 0.3) is 16.7 Å². The lowest BCUT2D eigenvalue weighted by Crippen LogP contribution is -2.56. The van der Waals surface area contributed by atoms with Gasteiger partial charge in [-0.3, -0.25) is 4.90 Å². The summed E-state index contributed by atoms with van der Waals surface area (Å²) in [7, 11) is 3.30. The summed E-state index contributed by atoms with van der Waals surface area (Å²) in [4.78, 5) is 15.3. The maximum atomic E-state index is 13.4. The second-order valence-electron chi connectivity index (χ2n) is 9.47. The van der Waals surface area contributed by atoms with E-state index in [9.17, 15) is 4.79 Å². The lowest BCUT2D eigenvalue weighted by atomic mass is 9.90. The summed E-state index contributed by atoms with van der Waals surface area (Å²) in [6.07, 6.45) is 2.51. The molecule has 3 aromatic carbocycles. The summed E-state index contributed by atoms with van der Waals surface area (Å²) in [5.74, 6) is 1.52. The second-order valence-corrected chi connectivity index (χ2v) is 9.47. The van der Waals surface area contributed by atoms with Crippen LogP contribution in [0.2, 0.25) is 0 Å². The molecule has 0 radical (unpaired) electrons. The molecule has 0 spiro atoms. The van der Waals surface area contributed by atoms with Crippen molar-refractivity contribution in [3.63, 3.8) is 0 Å². The van der Waals surface area contributed by atoms with Crippen LogP contribution in [0.1, 0.15) is 29.0 Å². The van der Waals surface area contributed by atoms with Gasteiger partial charge in [-0.2, -0.15) is 0 Å². The van der Waals surface area contributed by atoms with Gasteiger partial charge in [0.05, 0.1) is 39.5 Å². The Kier molecular flexibility index (Phi) is 5.89.